The molecular formula is C11H12F2O4. The average Bonchev–Trinajstić information content (AvgIpc) is 2.34. The van der Waals surface area contributed by atoms with Gasteiger partial charge < -0.3 is 14.6 Å². The molecule has 0 fully saturated rings. The molecule has 0 bridgehead atoms. The van der Waals surface area contributed by atoms with Gasteiger partial charge in [-0.1, -0.05) is 0 Å². The number of carbonyl (C=O) groups is 1. The van der Waals surface area contributed by atoms with E-state index in [0.29, 0.717) is 0 Å². The normalized spacial score (nSPS) is 11.9. The number of alkyl halides is 2. The number of aromatic hydroxyl groups is 1. The van der Waals surface area contributed by atoms with Crippen molar-refractivity contribution in [1.82, 2.24) is 0 Å². The van der Waals surface area contributed by atoms with E-state index >= 15 is 0 Å². The van der Waals surface area contributed by atoms with Crippen LogP contribution in [0, 0.1) is 0 Å². The van der Waals surface area contributed by atoms with Crippen LogP contribution in [-0.2, 0) is 4.74 Å². The number of phenols is 1. The molecule has 17 heavy (non-hydrogen) atoms. The molecular weight excluding hydrogens is 234 g/mol. The van der Waals surface area contributed by atoms with Gasteiger partial charge in [0.05, 0.1) is 12.7 Å². The molecule has 1 aromatic rings. The lowest BCUT2D eigenvalue weighted by molar-refractivity contribution is 0.0599. The molecule has 0 aliphatic heterocycles. The minimum Gasteiger partial charge on any atom is -0.508 e. The van der Waals surface area contributed by atoms with E-state index in [0.717, 1.165) is 0 Å². The van der Waals surface area contributed by atoms with Gasteiger partial charge in [0.2, 0.25) is 0 Å². The van der Waals surface area contributed by atoms with Gasteiger partial charge >= 0.3 is 5.97 Å². The third kappa shape index (κ3) is 3.90. The summed E-state index contributed by atoms with van der Waals surface area (Å²) in [6.07, 6.45) is -1.74. The molecule has 1 unspecified atom stereocenters. The number of halogens is 2. The molecule has 0 aliphatic carbocycles. The Bertz CT molecular complexity index is 395. The van der Waals surface area contributed by atoms with Gasteiger partial charge in [-0.3, -0.25) is 0 Å². The molecule has 0 aromatic heterocycles. The minimum absolute atomic E-state index is 0.0677. The number of rotatable bonds is 5. The molecule has 0 aliphatic rings. The molecule has 1 rings (SSSR count). The summed E-state index contributed by atoms with van der Waals surface area (Å²) >= 11 is 0. The van der Waals surface area contributed by atoms with E-state index in [2.05, 4.69) is 4.74 Å². The number of ether oxygens (including phenoxy) is 2. The van der Waals surface area contributed by atoms with E-state index in [4.69, 9.17) is 4.74 Å². The van der Waals surface area contributed by atoms with Crippen LogP contribution in [0.15, 0.2) is 18.2 Å². The van der Waals surface area contributed by atoms with E-state index < -0.39 is 25.4 Å². The maximum atomic E-state index is 12.6. The Morgan fingerprint density at radius 1 is 1.47 bits per heavy atom. The highest BCUT2D eigenvalue weighted by Crippen LogP contribution is 2.22. The second-order valence-electron chi connectivity index (χ2n) is 3.27. The van der Waals surface area contributed by atoms with Crippen molar-refractivity contribution in [1.29, 1.82) is 0 Å². The van der Waals surface area contributed by atoms with Gasteiger partial charge in [0, 0.05) is 6.07 Å². The smallest absolute Gasteiger partial charge is 0.338 e. The predicted molar refractivity (Wildman–Crippen MR) is 55.8 cm³/mol. The summed E-state index contributed by atoms with van der Waals surface area (Å²) < 4.78 is 33.8. The number of carbonyl (C=O) groups excluding carboxylic acids is 1. The quantitative estimate of drug-likeness (QED) is 0.806. The van der Waals surface area contributed by atoms with Crippen LogP contribution in [0.25, 0.3) is 0 Å². The zero-order chi connectivity index (χ0) is 12.8. The Morgan fingerprint density at radius 3 is 2.76 bits per heavy atom. The Morgan fingerprint density at radius 2 is 2.18 bits per heavy atom. The number of methoxy groups -OCH3 is 1. The first-order chi connectivity index (χ1) is 8.06. The van der Waals surface area contributed by atoms with Crippen LogP contribution < -0.4 is 4.74 Å². The Balaban J connectivity index is 2.79. The van der Waals surface area contributed by atoms with Crippen molar-refractivity contribution < 1.29 is 28.2 Å². The first-order valence-corrected chi connectivity index (χ1v) is 4.82. The molecule has 4 nitrogen and oxygen atoms in total. The van der Waals surface area contributed by atoms with Crippen molar-refractivity contribution in [3.8, 4) is 11.5 Å². The van der Waals surface area contributed by atoms with Crippen molar-refractivity contribution >= 4 is 5.97 Å². The average molecular weight is 246 g/mol. The fourth-order valence-electron chi connectivity index (χ4n) is 1.13. The van der Waals surface area contributed by atoms with Gasteiger partial charge in [-0.25, -0.2) is 13.6 Å². The SMILES string of the molecule is COC(=O)c1cc(O)cc(OCC(F)CF)c1. The zero-order valence-electron chi connectivity index (χ0n) is 9.15. The summed E-state index contributed by atoms with van der Waals surface area (Å²) in [5.74, 6) is -0.812. The summed E-state index contributed by atoms with van der Waals surface area (Å²) in [5.41, 5.74) is 0.0677. The molecule has 94 valence electrons. The predicted octanol–water partition coefficient (Wildman–Crippen LogP) is 1.87. The van der Waals surface area contributed by atoms with Crippen molar-refractivity contribution in [2.45, 2.75) is 6.17 Å². The minimum atomic E-state index is -1.74. The van der Waals surface area contributed by atoms with Crippen LogP contribution in [0.5, 0.6) is 11.5 Å². The topological polar surface area (TPSA) is 55.8 Å². The van der Waals surface area contributed by atoms with Gasteiger partial charge in [0.25, 0.3) is 0 Å². The summed E-state index contributed by atoms with van der Waals surface area (Å²) in [6.45, 7) is -1.64. The first kappa shape index (κ1) is 13.2. The fourth-order valence-corrected chi connectivity index (χ4v) is 1.13. The first-order valence-electron chi connectivity index (χ1n) is 4.82. The molecule has 0 amide bonds. The monoisotopic (exact) mass is 246 g/mol. The summed E-state index contributed by atoms with van der Waals surface area (Å²) in [7, 11) is 1.19. The third-order valence-electron chi connectivity index (χ3n) is 1.91. The van der Waals surface area contributed by atoms with E-state index in [1.807, 2.05) is 0 Å². The largest absolute Gasteiger partial charge is 0.508 e. The third-order valence-corrected chi connectivity index (χ3v) is 1.91. The van der Waals surface area contributed by atoms with Crippen LogP contribution in [0.3, 0.4) is 0 Å². The highest BCUT2D eigenvalue weighted by atomic mass is 19.2. The fraction of sp³-hybridized carbons (Fsp3) is 0.364. The van der Waals surface area contributed by atoms with Gasteiger partial charge in [-0.15, -0.1) is 0 Å². The van der Waals surface area contributed by atoms with Crippen LogP contribution in [0.2, 0.25) is 0 Å². The number of hydrogen-bond donors (Lipinski definition) is 1. The molecule has 1 aromatic carbocycles. The van der Waals surface area contributed by atoms with Gasteiger partial charge in [-0.2, -0.15) is 0 Å². The lowest BCUT2D eigenvalue weighted by Crippen LogP contribution is -2.14. The van der Waals surface area contributed by atoms with Crippen LogP contribution in [-0.4, -0.2) is 37.6 Å². The number of benzene rings is 1. The van der Waals surface area contributed by atoms with Gasteiger partial charge in [0.15, 0.2) is 6.17 Å². The molecule has 6 heteroatoms. The number of hydrogen-bond acceptors (Lipinski definition) is 4. The van der Waals surface area contributed by atoms with Crippen LogP contribution >= 0.6 is 0 Å². The number of esters is 1. The highest BCUT2D eigenvalue weighted by Gasteiger charge is 2.11. The van der Waals surface area contributed by atoms with E-state index in [1.165, 1.54) is 25.3 Å². The second-order valence-corrected chi connectivity index (χ2v) is 3.27. The zero-order valence-corrected chi connectivity index (χ0v) is 9.15. The molecule has 0 saturated carbocycles. The molecule has 0 heterocycles. The molecule has 1 N–H and O–H groups in total. The number of phenolic OH excluding ortho intramolecular Hbond substituents is 1. The van der Waals surface area contributed by atoms with Crippen molar-refractivity contribution in [3.05, 3.63) is 23.8 Å². The molecule has 0 saturated heterocycles. The van der Waals surface area contributed by atoms with Crippen LogP contribution in [0.1, 0.15) is 10.4 Å². The van der Waals surface area contributed by atoms with Crippen LogP contribution in [0.4, 0.5) is 8.78 Å². The molecule has 0 radical (unpaired) electrons. The maximum absolute atomic E-state index is 12.6. The molecule has 1 atom stereocenters. The van der Waals surface area contributed by atoms with Crippen molar-refractivity contribution in [2.75, 3.05) is 20.4 Å². The lowest BCUT2D eigenvalue weighted by atomic mass is 10.2. The standard InChI is InChI=1S/C11H12F2O4/c1-16-11(15)7-2-9(14)4-10(3-7)17-6-8(13)5-12/h2-4,8,14H,5-6H2,1H3. The van der Waals surface area contributed by atoms with Gasteiger partial charge in [0.1, 0.15) is 24.8 Å². The summed E-state index contributed by atoms with van der Waals surface area (Å²) in [4.78, 5) is 11.2. The summed E-state index contributed by atoms with van der Waals surface area (Å²) in [5, 5.41) is 9.31. The Labute approximate surface area is 96.8 Å². The van der Waals surface area contributed by atoms with Crippen molar-refractivity contribution in [2.24, 2.45) is 0 Å². The lowest BCUT2D eigenvalue weighted by Gasteiger charge is -2.09. The van der Waals surface area contributed by atoms with E-state index in [9.17, 15) is 18.7 Å². The van der Waals surface area contributed by atoms with E-state index in [-0.39, 0.29) is 17.1 Å². The van der Waals surface area contributed by atoms with Crippen molar-refractivity contribution in [3.63, 3.8) is 0 Å². The van der Waals surface area contributed by atoms with Gasteiger partial charge in [-0.05, 0) is 12.1 Å². The van der Waals surface area contributed by atoms with E-state index in [1.54, 1.807) is 0 Å². The highest BCUT2D eigenvalue weighted by molar-refractivity contribution is 5.90. The maximum Gasteiger partial charge on any atom is 0.338 e. The Hall–Kier alpha value is -1.85. The summed E-state index contributed by atoms with van der Waals surface area (Å²) in [6, 6.07) is 3.65. The Kier molecular flexibility index (Phi) is 4.68. The second kappa shape index (κ2) is 6.03. The molecule has 0 spiro atoms.